The predicted molar refractivity (Wildman–Crippen MR) is 144 cm³/mol. The summed E-state index contributed by atoms with van der Waals surface area (Å²) < 4.78 is 13.8. The number of amides is 1. The van der Waals surface area contributed by atoms with Gasteiger partial charge >= 0.3 is 0 Å². The molecule has 4 rings (SSSR count). The van der Waals surface area contributed by atoms with E-state index in [1.165, 1.54) is 0 Å². The monoisotopic (exact) mass is 503 g/mol. The Balaban J connectivity index is 1.30. The minimum atomic E-state index is -0.181. The highest BCUT2D eigenvalue weighted by atomic mass is 35.5. The zero-order chi connectivity index (χ0) is 25.2. The highest BCUT2D eigenvalue weighted by Gasteiger charge is 2.11. The van der Waals surface area contributed by atoms with E-state index >= 15 is 0 Å². The first-order valence-corrected chi connectivity index (χ1v) is 12.4. The van der Waals surface area contributed by atoms with Gasteiger partial charge in [0, 0.05) is 24.5 Å². The Hall–Kier alpha value is -3.77. The molecule has 0 unspecified atom stereocenters. The number of aryl methyl sites for hydroxylation is 1. The van der Waals surface area contributed by atoms with E-state index in [2.05, 4.69) is 28.6 Å². The fourth-order valence-corrected chi connectivity index (χ4v) is 4.11. The number of allylic oxidation sites excluding steroid dienone is 1. The van der Waals surface area contributed by atoms with Crippen LogP contribution in [0.4, 0.5) is 0 Å². The van der Waals surface area contributed by atoms with E-state index in [0.29, 0.717) is 30.3 Å². The fraction of sp³-hybridized carbons (Fsp3) is 0.241. The number of hydrogen-bond acceptors (Lipinski definition) is 4. The Bertz CT molecular complexity index is 1300. The number of fused-ring (bicyclic) bond motifs is 1. The van der Waals surface area contributed by atoms with Gasteiger partial charge in [0.2, 0.25) is 0 Å². The van der Waals surface area contributed by atoms with E-state index in [-0.39, 0.29) is 12.5 Å². The van der Waals surface area contributed by atoms with Crippen LogP contribution in [0.1, 0.15) is 17.8 Å². The number of carbonyl (C=O) groups is 1. The fourth-order valence-electron chi connectivity index (χ4n) is 3.98. The average molecular weight is 504 g/mol. The number of rotatable bonds is 13. The van der Waals surface area contributed by atoms with E-state index in [9.17, 15) is 4.79 Å². The lowest BCUT2D eigenvalue weighted by atomic mass is 10.1. The summed E-state index contributed by atoms with van der Waals surface area (Å²) in [4.78, 5) is 17.0. The first-order chi connectivity index (χ1) is 17.6. The maximum absolute atomic E-state index is 12.2. The van der Waals surface area contributed by atoms with Crippen LogP contribution < -0.4 is 14.8 Å². The van der Waals surface area contributed by atoms with Crippen LogP contribution in [0.2, 0.25) is 5.02 Å². The Morgan fingerprint density at radius 2 is 1.81 bits per heavy atom. The number of imidazole rings is 1. The molecule has 6 nitrogen and oxygen atoms in total. The third kappa shape index (κ3) is 6.89. The lowest BCUT2D eigenvalue weighted by molar-refractivity contribution is -0.123. The second-order valence-corrected chi connectivity index (χ2v) is 8.75. The normalized spacial score (nSPS) is 10.8. The van der Waals surface area contributed by atoms with Crippen molar-refractivity contribution in [2.24, 2.45) is 0 Å². The molecular weight excluding hydrogens is 474 g/mol. The van der Waals surface area contributed by atoms with Crippen molar-refractivity contribution in [1.29, 1.82) is 0 Å². The van der Waals surface area contributed by atoms with Gasteiger partial charge in [-0.15, -0.1) is 6.58 Å². The van der Waals surface area contributed by atoms with Gasteiger partial charge in [-0.1, -0.05) is 48.0 Å². The molecule has 1 heterocycles. The van der Waals surface area contributed by atoms with Crippen LogP contribution in [0.25, 0.3) is 11.0 Å². The van der Waals surface area contributed by atoms with Gasteiger partial charge in [0.05, 0.1) is 17.6 Å². The molecular formula is C29H30ClN3O3. The summed E-state index contributed by atoms with van der Waals surface area (Å²) in [5.74, 6) is 2.25. The van der Waals surface area contributed by atoms with Crippen molar-refractivity contribution < 1.29 is 14.3 Å². The van der Waals surface area contributed by atoms with Crippen molar-refractivity contribution >= 4 is 28.5 Å². The molecule has 36 heavy (non-hydrogen) atoms. The van der Waals surface area contributed by atoms with Gasteiger partial charge in [-0.05, 0) is 60.9 Å². The molecule has 0 saturated heterocycles. The van der Waals surface area contributed by atoms with Crippen LogP contribution in [0.5, 0.6) is 11.5 Å². The number of aromatic nitrogens is 2. The van der Waals surface area contributed by atoms with Gasteiger partial charge in [0.15, 0.2) is 6.61 Å². The van der Waals surface area contributed by atoms with Gasteiger partial charge in [-0.3, -0.25) is 4.79 Å². The molecule has 1 amide bonds. The van der Waals surface area contributed by atoms with Crippen LogP contribution in [0.15, 0.2) is 85.5 Å². The highest BCUT2D eigenvalue weighted by molar-refractivity contribution is 6.30. The molecule has 0 saturated carbocycles. The Kier molecular flexibility index (Phi) is 9.00. The SMILES string of the molecule is C=CCc1ccccc1OCCCn1c(CCNC(=O)COc2ccc(Cl)cc2)nc2ccccc21. The molecule has 4 aromatic rings. The molecule has 7 heteroatoms. The predicted octanol–water partition coefficient (Wildman–Crippen LogP) is 5.63. The smallest absolute Gasteiger partial charge is 0.257 e. The third-order valence-electron chi connectivity index (χ3n) is 5.71. The van der Waals surface area contributed by atoms with E-state index < -0.39 is 0 Å². The largest absolute Gasteiger partial charge is 0.493 e. The Labute approximate surface area is 216 Å². The number of para-hydroxylation sites is 3. The minimum absolute atomic E-state index is 0.0529. The zero-order valence-electron chi connectivity index (χ0n) is 20.2. The van der Waals surface area contributed by atoms with Crippen molar-refractivity contribution in [1.82, 2.24) is 14.9 Å². The quantitative estimate of drug-likeness (QED) is 0.190. The number of nitrogens with zero attached hydrogens (tertiary/aromatic N) is 2. The average Bonchev–Trinajstić information content (AvgIpc) is 3.24. The molecule has 0 aliphatic heterocycles. The summed E-state index contributed by atoms with van der Waals surface area (Å²) in [6, 6.07) is 23.1. The van der Waals surface area contributed by atoms with Crippen LogP contribution in [-0.2, 0) is 24.2 Å². The van der Waals surface area contributed by atoms with Crippen molar-refractivity contribution in [3.8, 4) is 11.5 Å². The summed E-state index contributed by atoms with van der Waals surface area (Å²) in [5, 5.41) is 3.54. The Morgan fingerprint density at radius 1 is 1.03 bits per heavy atom. The molecule has 0 bridgehead atoms. The number of nitrogens with one attached hydrogen (secondary N) is 1. The molecule has 1 N–H and O–H groups in total. The van der Waals surface area contributed by atoms with Gasteiger partial charge in [-0.25, -0.2) is 4.98 Å². The maximum atomic E-state index is 12.2. The van der Waals surface area contributed by atoms with E-state index in [1.54, 1.807) is 24.3 Å². The van der Waals surface area contributed by atoms with Gasteiger partial charge in [0.1, 0.15) is 17.3 Å². The van der Waals surface area contributed by atoms with Crippen LogP contribution >= 0.6 is 11.6 Å². The molecule has 1 aromatic heterocycles. The molecule has 186 valence electrons. The molecule has 0 aliphatic rings. The second-order valence-electron chi connectivity index (χ2n) is 8.31. The van der Waals surface area contributed by atoms with Crippen molar-refractivity contribution in [2.45, 2.75) is 25.8 Å². The van der Waals surface area contributed by atoms with Crippen molar-refractivity contribution in [3.63, 3.8) is 0 Å². The molecule has 0 aliphatic carbocycles. The second kappa shape index (κ2) is 12.8. The lowest BCUT2D eigenvalue weighted by Crippen LogP contribution is -2.31. The number of ether oxygens (including phenoxy) is 2. The lowest BCUT2D eigenvalue weighted by Gasteiger charge is -2.13. The topological polar surface area (TPSA) is 65.4 Å². The first kappa shape index (κ1) is 25.3. The van der Waals surface area contributed by atoms with Gasteiger partial charge < -0.3 is 19.4 Å². The molecule has 0 fully saturated rings. The molecule has 0 spiro atoms. The molecule has 3 aromatic carbocycles. The Morgan fingerprint density at radius 3 is 2.64 bits per heavy atom. The minimum Gasteiger partial charge on any atom is -0.493 e. The van der Waals surface area contributed by atoms with E-state index in [1.807, 2.05) is 42.5 Å². The van der Waals surface area contributed by atoms with Gasteiger partial charge in [-0.2, -0.15) is 0 Å². The summed E-state index contributed by atoms with van der Waals surface area (Å²) in [7, 11) is 0. The zero-order valence-corrected chi connectivity index (χ0v) is 20.9. The molecule has 0 atom stereocenters. The summed E-state index contributed by atoms with van der Waals surface area (Å²) >= 11 is 5.88. The van der Waals surface area contributed by atoms with Gasteiger partial charge in [0.25, 0.3) is 5.91 Å². The van der Waals surface area contributed by atoms with E-state index in [0.717, 1.165) is 47.6 Å². The van der Waals surface area contributed by atoms with E-state index in [4.69, 9.17) is 26.1 Å². The third-order valence-corrected chi connectivity index (χ3v) is 5.96. The highest BCUT2D eigenvalue weighted by Crippen LogP contribution is 2.20. The van der Waals surface area contributed by atoms with Crippen molar-refractivity contribution in [2.75, 3.05) is 19.8 Å². The van der Waals surface area contributed by atoms with Crippen LogP contribution in [0.3, 0.4) is 0 Å². The van der Waals surface area contributed by atoms with Crippen LogP contribution in [0, 0.1) is 0 Å². The summed E-state index contributed by atoms with van der Waals surface area (Å²) in [5.41, 5.74) is 3.16. The van der Waals surface area contributed by atoms with Crippen molar-refractivity contribution in [3.05, 3.63) is 102 Å². The first-order valence-electron chi connectivity index (χ1n) is 12.0. The number of benzene rings is 3. The molecule has 0 radical (unpaired) electrons. The summed E-state index contributed by atoms with van der Waals surface area (Å²) in [6.45, 7) is 5.61. The van der Waals surface area contributed by atoms with Crippen LogP contribution in [-0.4, -0.2) is 35.2 Å². The standard InChI is InChI=1S/C29H30ClN3O3/c1-2-8-22-9-3-6-12-27(22)35-20-7-19-33-26-11-5-4-10-25(26)32-28(33)17-18-31-29(34)21-36-24-15-13-23(30)14-16-24/h2-6,9-16H,1,7-8,17-21H2,(H,31,34). The number of carbonyl (C=O) groups excluding carboxylic acids is 1. The number of halogens is 1. The summed E-state index contributed by atoms with van der Waals surface area (Å²) in [6.07, 6.45) is 4.11. The number of hydrogen-bond donors (Lipinski definition) is 1. The maximum Gasteiger partial charge on any atom is 0.257 e.